The van der Waals surface area contributed by atoms with Crippen molar-refractivity contribution in [3.8, 4) is 6.07 Å². The van der Waals surface area contributed by atoms with Crippen LogP contribution in [0.2, 0.25) is 0 Å². The molecule has 15 heavy (non-hydrogen) atoms. The Bertz CT molecular complexity index is 386. The number of rotatable bonds is 5. The van der Waals surface area contributed by atoms with Gasteiger partial charge in [-0.1, -0.05) is 6.92 Å². The van der Waals surface area contributed by atoms with Crippen molar-refractivity contribution in [2.75, 3.05) is 23.4 Å². The van der Waals surface area contributed by atoms with E-state index in [0.29, 0.717) is 23.7 Å². The molecular weight excluding hydrogens is 210 g/mol. The molecule has 0 amide bonds. The quantitative estimate of drug-likeness (QED) is 0.812. The molecule has 0 aliphatic rings. The molecule has 0 radical (unpaired) electrons. The van der Waals surface area contributed by atoms with Crippen LogP contribution in [0.15, 0.2) is 18.3 Å². The van der Waals surface area contributed by atoms with E-state index < -0.39 is 10.8 Å². The topological polar surface area (TPSA) is 65.8 Å². The predicted octanol–water partition coefficient (Wildman–Crippen LogP) is 1.13. The van der Waals surface area contributed by atoms with Gasteiger partial charge >= 0.3 is 0 Å². The summed E-state index contributed by atoms with van der Waals surface area (Å²) in [7, 11) is -0.751. The van der Waals surface area contributed by atoms with E-state index in [-0.39, 0.29) is 0 Å². The van der Waals surface area contributed by atoms with Gasteiger partial charge < -0.3 is 5.32 Å². The summed E-state index contributed by atoms with van der Waals surface area (Å²) in [4.78, 5) is 3.86. The van der Waals surface area contributed by atoms with Crippen molar-refractivity contribution in [2.45, 2.75) is 6.92 Å². The number of nitriles is 1. The third kappa shape index (κ3) is 4.09. The Morgan fingerprint density at radius 1 is 1.67 bits per heavy atom. The fourth-order valence-corrected chi connectivity index (χ4v) is 1.67. The van der Waals surface area contributed by atoms with Gasteiger partial charge in [0.2, 0.25) is 0 Å². The third-order valence-corrected chi connectivity index (χ3v) is 3.16. The molecule has 0 saturated heterocycles. The number of aromatic nitrogens is 1. The maximum atomic E-state index is 11.1. The van der Waals surface area contributed by atoms with Crippen LogP contribution < -0.4 is 5.32 Å². The molecule has 1 atom stereocenters. The Balaban J connectivity index is 2.44. The summed E-state index contributed by atoms with van der Waals surface area (Å²) in [6.45, 7) is 2.55. The Morgan fingerprint density at radius 3 is 3.13 bits per heavy atom. The number of pyridine rings is 1. The van der Waals surface area contributed by atoms with Gasteiger partial charge in [-0.25, -0.2) is 4.98 Å². The Labute approximate surface area is 91.8 Å². The van der Waals surface area contributed by atoms with Gasteiger partial charge in [-0.15, -0.1) is 0 Å². The standard InChI is InChI=1S/C10H13N3OS/c1-2-15(14)6-5-13-9-3-4-12-10(7-9)8-11/h3-4,7H,2,5-6H2,1H3,(H,12,13). The average molecular weight is 223 g/mol. The average Bonchev–Trinajstić information content (AvgIpc) is 2.29. The molecule has 0 aliphatic carbocycles. The Morgan fingerprint density at radius 2 is 2.47 bits per heavy atom. The summed E-state index contributed by atoms with van der Waals surface area (Å²) in [6.07, 6.45) is 1.58. The van der Waals surface area contributed by atoms with E-state index in [1.807, 2.05) is 13.0 Å². The Kier molecular flexibility index (Phi) is 4.78. The number of nitrogens with one attached hydrogen (secondary N) is 1. The molecule has 1 unspecified atom stereocenters. The molecule has 0 aromatic carbocycles. The second kappa shape index (κ2) is 6.14. The summed E-state index contributed by atoms with van der Waals surface area (Å²) in [5, 5.41) is 11.7. The molecular formula is C10H13N3OS. The largest absolute Gasteiger partial charge is 0.384 e. The highest BCUT2D eigenvalue weighted by molar-refractivity contribution is 7.84. The monoisotopic (exact) mass is 223 g/mol. The second-order valence-electron chi connectivity index (χ2n) is 2.90. The number of anilines is 1. The van der Waals surface area contributed by atoms with Gasteiger partial charge in [-0.05, 0) is 12.1 Å². The van der Waals surface area contributed by atoms with Crippen LogP contribution in [-0.4, -0.2) is 27.2 Å². The van der Waals surface area contributed by atoms with Gasteiger partial charge in [0.05, 0.1) is 0 Å². The van der Waals surface area contributed by atoms with E-state index in [2.05, 4.69) is 10.3 Å². The van der Waals surface area contributed by atoms with E-state index >= 15 is 0 Å². The molecule has 1 aromatic heterocycles. The van der Waals surface area contributed by atoms with Crippen LogP contribution in [0.1, 0.15) is 12.6 Å². The SMILES string of the molecule is CCS(=O)CCNc1ccnc(C#N)c1. The lowest BCUT2D eigenvalue weighted by Gasteiger charge is -2.05. The molecule has 0 fully saturated rings. The smallest absolute Gasteiger partial charge is 0.142 e. The minimum Gasteiger partial charge on any atom is -0.384 e. The summed E-state index contributed by atoms with van der Waals surface area (Å²) in [5.41, 5.74) is 1.23. The summed E-state index contributed by atoms with van der Waals surface area (Å²) in [6, 6.07) is 5.43. The predicted molar refractivity (Wildman–Crippen MR) is 61.0 cm³/mol. The zero-order valence-corrected chi connectivity index (χ0v) is 9.38. The van der Waals surface area contributed by atoms with Crippen molar-refractivity contribution in [3.05, 3.63) is 24.0 Å². The first-order valence-electron chi connectivity index (χ1n) is 4.71. The first kappa shape index (κ1) is 11.7. The molecule has 1 heterocycles. The molecule has 0 aliphatic heterocycles. The van der Waals surface area contributed by atoms with Crippen LogP contribution in [0.5, 0.6) is 0 Å². The highest BCUT2D eigenvalue weighted by Gasteiger charge is 1.97. The number of hydrogen-bond acceptors (Lipinski definition) is 4. The highest BCUT2D eigenvalue weighted by Crippen LogP contribution is 2.06. The van der Waals surface area contributed by atoms with Crippen LogP contribution in [0.25, 0.3) is 0 Å². The van der Waals surface area contributed by atoms with Gasteiger partial charge in [-0.3, -0.25) is 4.21 Å². The molecule has 0 spiro atoms. The normalized spacial score (nSPS) is 11.7. The molecule has 1 rings (SSSR count). The third-order valence-electron chi connectivity index (χ3n) is 1.86. The van der Waals surface area contributed by atoms with Gasteiger partial charge in [0.1, 0.15) is 11.8 Å². The van der Waals surface area contributed by atoms with Gasteiger partial charge in [0, 0.05) is 40.7 Å². The minimum atomic E-state index is -0.751. The Hall–Kier alpha value is -1.41. The van der Waals surface area contributed by atoms with Crippen LogP contribution in [0, 0.1) is 11.3 Å². The van der Waals surface area contributed by atoms with E-state index in [0.717, 1.165) is 5.69 Å². The first-order valence-corrected chi connectivity index (χ1v) is 6.20. The summed E-state index contributed by atoms with van der Waals surface area (Å²) >= 11 is 0. The molecule has 1 N–H and O–H groups in total. The van der Waals surface area contributed by atoms with Crippen molar-refractivity contribution < 1.29 is 4.21 Å². The number of nitrogens with zero attached hydrogens (tertiary/aromatic N) is 2. The van der Waals surface area contributed by atoms with Crippen molar-refractivity contribution in [3.63, 3.8) is 0 Å². The first-order chi connectivity index (χ1) is 7.26. The maximum absolute atomic E-state index is 11.1. The van der Waals surface area contributed by atoms with Crippen LogP contribution in [-0.2, 0) is 10.8 Å². The van der Waals surface area contributed by atoms with Crippen LogP contribution >= 0.6 is 0 Å². The lowest BCUT2D eigenvalue weighted by Crippen LogP contribution is -2.12. The minimum absolute atomic E-state index is 0.386. The summed E-state index contributed by atoms with van der Waals surface area (Å²) in [5.74, 6) is 1.31. The maximum Gasteiger partial charge on any atom is 0.142 e. The van der Waals surface area contributed by atoms with Crippen molar-refractivity contribution in [1.29, 1.82) is 5.26 Å². The highest BCUT2D eigenvalue weighted by atomic mass is 32.2. The van der Waals surface area contributed by atoms with E-state index in [4.69, 9.17) is 5.26 Å². The zero-order chi connectivity index (χ0) is 11.1. The lowest BCUT2D eigenvalue weighted by molar-refractivity contribution is 0.684. The molecule has 0 saturated carbocycles. The van der Waals surface area contributed by atoms with E-state index in [9.17, 15) is 4.21 Å². The van der Waals surface area contributed by atoms with E-state index in [1.165, 1.54) is 0 Å². The second-order valence-corrected chi connectivity index (χ2v) is 4.77. The zero-order valence-electron chi connectivity index (χ0n) is 8.56. The molecule has 4 nitrogen and oxygen atoms in total. The molecule has 1 aromatic rings. The fourth-order valence-electron chi connectivity index (χ4n) is 1.06. The van der Waals surface area contributed by atoms with Crippen LogP contribution in [0.4, 0.5) is 5.69 Å². The van der Waals surface area contributed by atoms with Gasteiger partial charge in [-0.2, -0.15) is 5.26 Å². The fraction of sp³-hybridized carbons (Fsp3) is 0.400. The molecule has 80 valence electrons. The molecule has 5 heteroatoms. The van der Waals surface area contributed by atoms with E-state index in [1.54, 1.807) is 18.3 Å². The van der Waals surface area contributed by atoms with Crippen LogP contribution in [0.3, 0.4) is 0 Å². The van der Waals surface area contributed by atoms with Gasteiger partial charge in [0.25, 0.3) is 0 Å². The number of hydrogen-bond donors (Lipinski definition) is 1. The summed E-state index contributed by atoms with van der Waals surface area (Å²) < 4.78 is 11.1. The lowest BCUT2D eigenvalue weighted by atomic mass is 10.3. The van der Waals surface area contributed by atoms with Crippen molar-refractivity contribution in [2.24, 2.45) is 0 Å². The van der Waals surface area contributed by atoms with Gasteiger partial charge in [0.15, 0.2) is 0 Å². The van der Waals surface area contributed by atoms with Crippen molar-refractivity contribution in [1.82, 2.24) is 4.98 Å². The molecule has 0 bridgehead atoms. The van der Waals surface area contributed by atoms with Crippen molar-refractivity contribution >= 4 is 16.5 Å².